The number of piperidine rings is 1. The molecule has 0 radical (unpaired) electrons. The topological polar surface area (TPSA) is 29.5 Å². The minimum absolute atomic E-state index is 0.144. The van der Waals surface area contributed by atoms with Crippen molar-refractivity contribution in [3.8, 4) is 0 Å². The van der Waals surface area contributed by atoms with Crippen LogP contribution in [-0.2, 0) is 4.74 Å². The number of nitrogens with zero attached hydrogens (tertiary/aromatic N) is 1. The summed E-state index contributed by atoms with van der Waals surface area (Å²) in [4.78, 5) is 13.9. The van der Waals surface area contributed by atoms with Gasteiger partial charge in [0.25, 0.3) is 0 Å². The predicted octanol–water partition coefficient (Wildman–Crippen LogP) is 4.46. The van der Waals surface area contributed by atoms with Crippen molar-refractivity contribution in [3.63, 3.8) is 0 Å². The largest absolute Gasteiger partial charge is 0.444 e. The van der Waals surface area contributed by atoms with E-state index in [2.05, 4.69) is 13.8 Å². The van der Waals surface area contributed by atoms with Crippen molar-refractivity contribution in [3.05, 3.63) is 0 Å². The highest BCUT2D eigenvalue weighted by atomic mass is 16.6. The van der Waals surface area contributed by atoms with Gasteiger partial charge in [-0.15, -0.1) is 0 Å². The van der Waals surface area contributed by atoms with Crippen LogP contribution < -0.4 is 0 Å². The highest BCUT2D eigenvalue weighted by Gasteiger charge is 2.29. The molecule has 112 valence electrons. The van der Waals surface area contributed by atoms with E-state index >= 15 is 0 Å². The third kappa shape index (κ3) is 5.42. The maximum Gasteiger partial charge on any atom is 0.410 e. The molecule has 0 aromatic carbocycles. The lowest BCUT2D eigenvalue weighted by molar-refractivity contribution is 0.0155. The monoisotopic (exact) mass is 269 g/mol. The molecule has 1 heterocycles. The second-order valence-corrected chi connectivity index (χ2v) is 6.76. The predicted molar refractivity (Wildman–Crippen MR) is 79.2 cm³/mol. The zero-order valence-corrected chi connectivity index (χ0v) is 13.4. The van der Waals surface area contributed by atoms with Gasteiger partial charge in [-0.25, -0.2) is 4.79 Å². The third-order valence-corrected chi connectivity index (χ3v) is 4.04. The zero-order valence-electron chi connectivity index (χ0n) is 13.4. The van der Waals surface area contributed by atoms with Gasteiger partial charge in [-0.3, -0.25) is 0 Å². The highest BCUT2D eigenvalue weighted by molar-refractivity contribution is 5.68. The fourth-order valence-electron chi connectivity index (χ4n) is 3.02. The van der Waals surface area contributed by atoms with Crippen molar-refractivity contribution in [2.75, 3.05) is 13.1 Å². The molecule has 1 amide bonds. The number of amides is 1. The standard InChI is InChI=1S/C16H31NO2/c1-6-8-13(7-2)14-9-11-17(12-10-14)15(18)19-16(3,4)5/h13-14H,6-12H2,1-5H3. The maximum atomic E-state index is 12.0. The minimum Gasteiger partial charge on any atom is -0.444 e. The first kappa shape index (κ1) is 16.3. The Balaban J connectivity index is 2.42. The summed E-state index contributed by atoms with van der Waals surface area (Å²) in [5.41, 5.74) is -0.387. The van der Waals surface area contributed by atoms with E-state index < -0.39 is 0 Å². The fraction of sp³-hybridized carbons (Fsp3) is 0.938. The summed E-state index contributed by atoms with van der Waals surface area (Å²) in [5, 5.41) is 0. The van der Waals surface area contributed by atoms with E-state index in [0.717, 1.165) is 37.8 Å². The molecule has 1 fully saturated rings. The zero-order chi connectivity index (χ0) is 14.5. The molecule has 3 heteroatoms. The molecule has 3 nitrogen and oxygen atoms in total. The molecule has 0 aromatic rings. The lowest BCUT2D eigenvalue weighted by Crippen LogP contribution is -2.42. The van der Waals surface area contributed by atoms with Gasteiger partial charge in [-0.2, -0.15) is 0 Å². The Hall–Kier alpha value is -0.730. The molecule has 0 saturated carbocycles. The lowest BCUT2D eigenvalue weighted by atomic mass is 9.80. The van der Waals surface area contributed by atoms with Crippen molar-refractivity contribution < 1.29 is 9.53 Å². The van der Waals surface area contributed by atoms with Gasteiger partial charge < -0.3 is 9.64 Å². The number of carbonyl (C=O) groups excluding carboxylic acids is 1. The molecule has 1 rings (SSSR count). The number of ether oxygens (including phenoxy) is 1. The van der Waals surface area contributed by atoms with Gasteiger partial charge in [0, 0.05) is 13.1 Å². The molecule has 1 aliphatic rings. The summed E-state index contributed by atoms with van der Waals surface area (Å²) in [6.07, 6.45) is 5.99. The van der Waals surface area contributed by atoms with E-state index in [9.17, 15) is 4.79 Å². The van der Waals surface area contributed by atoms with E-state index in [1.54, 1.807) is 0 Å². The van der Waals surface area contributed by atoms with E-state index in [1.807, 2.05) is 25.7 Å². The Morgan fingerprint density at radius 1 is 1.26 bits per heavy atom. The van der Waals surface area contributed by atoms with Crippen LogP contribution in [0, 0.1) is 11.8 Å². The molecule has 0 aromatic heterocycles. The second kappa shape index (κ2) is 7.16. The van der Waals surface area contributed by atoms with Gasteiger partial charge in [0.1, 0.15) is 5.60 Å². The molecule has 0 spiro atoms. The van der Waals surface area contributed by atoms with Crippen LogP contribution in [0.1, 0.15) is 66.7 Å². The number of hydrogen-bond donors (Lipinski definition) is 0. The van der Waals surface area contributed by atoms with Gasteiger partial charge >= 0.3 is 6.09 Å². The molecule has 1 saturated heterocycles. The first-order valence-electron chi connectivity index (χ1n) is 7.85. The molecule has 0 bridgehead atoms. The first-order valence-corrected chi connectivity index (χ1v) is 7.85. The van der Waals surface area contributed by atoms with E-state index in [4.69, 9.17) is 4.74 Å². The summed E-state index contributed by atoms with van der Waals surface area (Å²) in [5.74, 6) is 1.63. The van der Waals surface area contributed by atoms with Crippen LogP contribution in [0.3, 0.4) is 0 Å². The normalized spacial score (nSPS) is 19.3. The quantitative estimate of drug-likeness (QED) is 0.754. The van der Waals surface area contributed by atoms with Crippen molar-refractivity contribution in [1.82, 2.24) is 4.90 Å². The molecule has 1 aliphatic heterocycles. The van der Waals surface area contributed by atoms with E-state index in [0.29, 0.717) is 0 Å². The molecule has 19 heavy (non-hydrogen) atoms. The average molecular weight is 269 g/mol. The number of rotatable bonds is 4. The molecule has 1 atom stereocenters. The Labute approximate surface area is 118 Å². The first-order chi connectivity index (χ1) is 8.87. The van der Waals surface area contributed by atoms with Gasteiger partial charge in [0.05, 0.1) is 0 Å². The molecule has 1 unspecified atom stereocenters. The maximum absolute atomic E-state index is 12.0. The van der Waals surface area contributed by atoms with Crippen molar-refractivity contribution >= 4 is 6.09 Å². The number of likely N-dealkylation sites (tertiary alicyclic amines) is 1. The second-order valence-electron chi connectivity index (χ2n) is 6.76. The lowest BCUT2D eigenvalue weighted by Gasteiger charge is -2.36. The summed E-state index contributed by atoms with van der Waals surface area (Å²) in [6.45, 7) is 12.0. The van der Waals surface area contributed by atoms with Crippen molar-refractivity contribution in [1.29, 1.82) is 0 Å². The van der Waals surface area contributed by atoms with Gasteiger partial charge in [-0.05, 0) is 45.4 Å². The molecule has 0 N–H and O–H groups in total. The van der Waals surface area contributed by atoms with Crippen LogP contribution in [-0.4, -0.2) is 29.7 Å². The Morgan fingerprint density at radius 3 is 2.26 bits per heavy atom. The summed E-state index contributed by atoms with van der Waals surface area (Å²) in [6, 6.07) is 0. The van der Waals surface area contributed by atoms with Gasteiger partial charge in [0.2, 0.25) is 0 Å². The SMILES string of the molecule is CCCC(CC)C1CCN(C(=O)OC(C)(C)C)CC1. The fourth-order valence-corrected chi connectivity index (χ4v) is 3.02. The van der Waals surface area contributed by atoms with Crippen LogP contribution in [0.2, 0.25) is 0 Å². The highest BCUT2D eigenvalue weighted by Crippen LogP contribution is 2.30. The Bertz CT molecular complexity index is 275. The average Bonchev–Trinajstić information content (AvgIpc) is 2.34. The summed E-state index contributed by atoms with van der Waals surface area (Å²) in [7, 11) is 0. The smallest absolute Gasteiger partial charge is 0.410 e. The van der Waals surface area contributed by atoms with Crippen LogP contribution in [0.25, 0.3) is 0 Å². The van der Waals surface area contributed by atoms with Crippen molar-refractivity contribution in [2.24, 2.45) is 11.8 Å². The molecular formula is C16H31NO2. The third-order valence-electron chi connectivity index (χ3n) is 4.04. The van der Waals surface area contributed by atoms with E-state index in [1.165, 1.54) is 19.3 Å². The van der Waals surface area contributed by atoms with E-state index in [-0.39, 0.29) is 11.7 Å². The van der Waals surface area contributed by atoms with Crippen LogP contribution >= 0.6 is 0 Å². The van der Waals surface area contributed by atoms with Crippen LogP contribution in [0.4, 0.5) is 4.79 Å². The minimum atomic E-state index is -0.387. The summed E-state index contributed by atoms with van der Waals surface area (Å²) < 4.78 is 5.43. The molecular weight excluding hydrogens is 238 g/mol. The van der Waals surface area contributed by atoms with Crippen LogP contribution in [0.5, 0.6) is 0 Å². The molecule has 0 aliphatic carbocycles. The van der Waals surface area contributed by atoms with Gasteiger partial charge in [0.15, 0.2) is 0 Å². The van der Waals surface area contributed by atoms with Crippen molar-refractivity contribution in [2.45, 2.75) is 72.3 Å². The van der Waals surface area contributed by atoms with Gasteiger partial charge in [-0.1, -0.05) is 33.1 Å². The Kier molecular flexibility index (Phi) is 6.15. The van der Waals surface area contributed by atoms with Crippen LogP contribution in [0.15, 0.2) is 0 Å². The number of carbonyl (C=O) groups is 1. The summed E-state index contributed by atoms with van der Waals surface area (Å²) >= 11 is 0. The Morgan fingerprint density at radius 2 is 1.84 bits per heavy atom. The number of hydrogen-bond acceptors (Lipinski definition) is 2.